The first-order chi connectivity index (χ1) is 12.3. The van der Waals surface area contributed by atoms with Crippen molar-refractivity contribution in [3.8, 4) is 10.7 Å². The Hall–Kier alpha value is -1.60. The highest BCUT2D eigenvalue weighted by Gasteiger charge is 2.30. The average Bonchev–Trinajstić information content (AvgIpc) is 3.15. The first-order valence-corrected chi connectivity index (χ1v) is 10.7. The molecule has 2 aromatic rings. The summed E-state index contributed by atoms with van der Waals surface area (Å²) in [6, 6.07) is 2.28. The molecule has 2 aromatic heterocycles. The summed E-state index contributed by atoms with van der Waals surface area (Å²) < 4.78 is 2.01. The molecule has 7 heteroatoms. The van der Waals surface area contributed by atoms with Crippen LogP contribution >= 0.6 is 23.1 Å². The molecule has 0 aromatic carbocycles. The number of aryl methyl sites for hydroxylation is 1. The number of thioether (sulfide) groups is 1. The van der Waals surface area contributed by atoms with Crippen LogP contribution in [0.2, 0.25) is 0 Å². The Balaban J connectivity index is 1.89. The summed E-state index contributed by atoms with van der Waals surface area (Å²) in [6.45, 7) is 11.4. The van der Waals surface area contributed by atoms with Gasteiger partial charge in [0.25, 0.3) is 0 Å². The number of aromatic nitrogens is 3. The van der Waals surface area contributed by atoms with Gasteiger partial charge in [0.15, 0.2) is 11.0 Å². The van der Waals surface area contributed by atoms with Crippen LogP contribution in [0.15, 0.2) is 23.9 Å². The molecule has 0 radical (unpaired) electrons. The van der Waals surface area contributed by atoms with Crippen molar-refractivity contribution in [1.82, 2.24) is 14.8 Å². The maximum Gasteiger partial charge on any atom is 0.227 e. The zero-order chi connectivity index (χ0) is 18.9. The fraction of sp³-hybridized carbons (Fsp3) is 0.526. The zero-order valence-electron chi connectivity index (χ0n) is 15.6. The molecule has 1 unspecified atom stereocenters. The van der Waals surface area contributed by atoms with Gasteiger partial charge < -0.3 is 5.73 Å². The minimum Gasteiger partial charge on any atom is -0.369 e. The SMILES string of the molecule is C=CCn1c(SCC(N)=O)nnc1-c1cc2c(s1)CCC(C(C)(C)C)C2. The van der Waals surface area contributed by atoms with Crippen molar-refractivity contribution in [2.75, 3.05) is 5.75 Å². The minimum absolute atomic E-state index is 0.198. The van der Waals surface area contributed by atoms with E-state index >= 15 is 0 Å². The van der Waals surface area contributed by atoms with Gasteiger partial charge in [0.05, 0.1) is 10.6 Å². The molecule has 0 saturated carbocycles. The van der Waals surface area contributed by atoms with Gasteiger partial charge in [-0.25, -0.2) is 0 Å². The van der Waals surface area contributed by atoms with E-state index in [-0.39, 0.29) is 11.7 Å². The number of hydrogen-bond donors (Lipinski definition) is 1. The largest absolute Gasteiger partial charge is 0.369 e. The van der Waals surface area contributed by atoms with Crippen LogP contribution in [-0.2, 0) is 24.2 Å². The quantitative estimate of drug-likeness (QED) is 0.599. The number of carbonyl (C=O) groups is 1. The Morgan fingerprint density at radius 1 is 1.50 bits per heavy atom. The van der Waals surface area contributed by atoms with Gasteiger partial charge in [0.2, 0.25) is 5.91 Å². The van der Waals surface area contributed by atoms with E-state index in [1.54, 1.807) is 0 Å². The molecule has 0 bridgehead atoms. The molecule has 3 rings (SSSR count). The maximum absolute atomic E-state index is 11.1. The van der Waals surface area contributed by atoms with Crippen LogP contribution in [-0.4, -0.2) is 26.4 Å². The summed E-state index contributed by atoms with van der Waals surface area (Å²) in [5.74, 6) is 1.40. The highest BCUT2D eigenvalue weighted by Crippen LogP contribution is 2.42. The van der Waals surface area contributed by atoms with Crippen LogP contribution in [0.3, 0.4) is 0 Å². The molecule has 26 heavy (non-hydrogen) atoms. The van der Waals surface area contributed by atoms with Gasteiger partial charge in [0, 0.05) is 11.4 Å². The van der Waals surface area contributed by atoms with Gasteiger partial charge in [-0.2, -0.15) is 0 Å². The van der Waals surface area contributed by atoms with Crippen molar-refractivity contribution in [2.45, 2.75) is 51.7 Å². The third-order valence-corrected chi connectivity index (χ3v) is 7.12. The third-order valence-electron chi connectivity index (χ3n) is 4.90. The number of fused-ring (bicyclic) bond motifs is 1. The molecule has 0 aliphatic heterocycles. The van der Waals surface area contributed by atoms with Crippen molar-refractivity contribution in [1.29, 1.82) is 0 Å². The van der Waals surface area contributed by atoms with Crippen molar-refractivity contribution in [3.05, 3.63) is 29.2 Å². The van der Waals surface area contributed by atoms with Crippen LogP contribution in [0, 0.1) is 11.3 Å². The number of allylic oxidation sites excluding steroid dienone is 1. The van der Waals surface area contributed by atoms with E-state index in [4.69, 9.17) is 5.73 Å². The number of rotatable bonds is 6. The second-order valence-electron chi connectivity index (χ2n) is 7.83. The molecule has 2 N–H and O–H groups in total. The van der Waals surface area contributed by atoms with Crippen LogP contribution in [0.1, 0.15) is 37.6 Å². The van der Waals surface area contributed by atoms with Crippen LogP contribution in [0.5, 0.6) is 0 Å². The Morgan fingerprint density at radius 2 is 2.27 bits per heavy atom. The first kappa shape index (κ1) is 19.2. The molecule has 2 heterocycles. The summed E-state index contributed by atoms with van der Waals surface area (Å²) >= 11 is 3.14. The predicted octanol–water partition coefficient (Wildman–Crippen LogP) is 3.92. The lowest BCUT2D eigenvalue weighted by Crippen LogP contribution is -2.26. The van der Waals surface area contributed by atoms with Crippen molar-refractivity contribution >= 4 is 29.0 Å². The summed E-state index contributed by atoms with van der Waals surface area (Å²) in [5, 5.41) is 9.37. The number of hydrogen-bond acceptors (Lipinski definition) is 5. The monoisotopic (exact) mass is 390 g/mol. The molecule has 1 amide bonds. The van der Waals surface area contributed by atoms with Gasteiger partial charge >= 0.3 is 0 Å². The second kappa shape index (κ2) is 7.56. The smallest absolute Gasteiger partial charge is 0.227 e. The highest BCUT2D eigenvalue weighted by atomic mass is 32.2. The molecule has 1 aliphatic carbocycles. The van der Waals surface area contributed by atoms with Crippen molar-refractivity contribution in [3.63, 3.8) is 0 Å². The number of nitrogens with zero attached hydrogens (tertiary/aromatic N) is 3. The third kappa shape index (κ3) is 4.04. The maximum atomic E-state index is 11.1. The normalized spacial score (nSPS) is 17.1. The molecule has 1 aliphatic rings. The second-order valence-corrected chi connectivity index (χ2v) is 9.90. The van der Waals surface area contributed by atoms with Gasteiger partial charge in [-0.15, -0.1) is 28.1 Å². The molecule has 140 valence electrons. The summed E-state index contributed by atoms with van der Waals surface area (Å²) in [6.07, 6.45) is 5.34. The van der Waals surface area contributed by atoms with E-state index in [2.05, 4.69) is 43.6 Å². The predicted molar refractivity (Wildman–Crippen MR) is 108 cm³/mol. The fourth-order valence-electron chi connectivity index (χ4n) is 3.38. The van der Waals surface area contributed by atoms with Crippen molar-refractivity contribution in [2.24, 2.45) is 17.1 Å². The molecular weight excluding hydrogens is 364 g/mol. The van der Waals surface area contributed by atoms with Crippen molar-refractivity contribution < 1.29 is 4.79 Å². The summed E-state index contributed by atoms with van der Waals surface area (Å²) in [5.41, 5.74) is 7.05. The number of nitrogens with two attached hydrogens (primary N) is 1. The first-order valence-electron chi connectivity index (χ1n) is 8.86. The summed E-state index contributed by atoms with van der Waals surface area (Å²) in [4.78, 5) is 13.7. The number of amides is 1. The Morgan fingerprint density at radius 3 is 2.92 bits per heavy atom. The lowest BCUT2D eigenvalue weighted by Gasteiger charge is -2.33. The minimum atomic E-state index is -0.357. The standard InChI is InChI=1S/C19H26N4OS2/c1-5-8-23-17(21-22-18(23)25-11-16(20)24)15-10-12-9-13(19(2,3)4)6-7-14(12)26-15/h5,10,13H,1,6-9,11H2,2-4H3,(H2,20,24). The van der Waals surface area contributed by atoms with E-state index in [1.807, 2.05) is 22.0 Å². The van der Waals surface area contributed by atoms with Gasteiger partial charge in [-0.1, -0.05) is 38.6 Å². The van der Waals surface area contributed by atoms with E-state index in [0.717, 1.165) is 23.5 Å². The van der Waals surface area contributed by atoms with Crippen LogP contribution in [0.25, 0.3) is 10.7 Å². The molecule has 5 nitrogen and oxygen atoms in total. The number of thiophene rings is 1. The molecular formula is C19H26N4OS2. The Bertz CT molecular complexity index is 816. The Labute approximate surface area is 163 Å². The van der Waals surface area contributed by atoms with E-state index in [1.165, 1.54) is 28.6 Å². The Kier molecular flexibility index (Phi) is 5.58. The number of primary amides is 1. The fourth-order valence-corrected chi connectivity index (χ4v) is 5.27. The van der Waals surface area contributed by atoms with Gasteiger partial charge in [-0.05, 0) is 42.2 Å². The highest BCUT2D eigenvalue weighted by molar-refractivity contribution is 7.99. The van der Waals surface area contributed by atoms with Gasteiger partial charge in [-0.3, -0.25) is 9.36 Å². The van der Waals surface area contributed by atoms with Crippen LogP contribution in [0.4, 0.5) is 0 Å². The van der Waals surface area contributed by atoms with E-state index in [9.17, 15) is 4.79 Å². The zero-order valence-corrected chi connectivity index (χ0v) is 17.3. The van der Waals surface area contributed by atoms with Crippen LogP contribution < -0.4 is 5.73 Å². The lowest BCUT2D eigenvalue weighted by molar-refractivity contribution is -0.115. The van der Waals surface area contributed by atoms with E-state index < -0.39 is 0 Å². The molecule has 0 spiro atoms. The molecule has 1 atom stereocenters. The number of carbonyl (C=O) groups excluding carboxylic acids is 1. The van der Waals surface area contributed by atoms with Gasteiger partial charge in [0.1, 0.15) is 0 Å². The molecule has 0 fully saturated rings. The van der Waals surface area contributed by atoms with E-state index in [0.29, 0.717) is 23.0 Å². The average molecular weight is 391 g/mol. The lowest BCUT2D eigenvalue weighted by atomic mass is 9.72. The topological polar surface area (TPSA) is 73.8 Å². The molecule has 0 saturated heterocycles. The summed E-state index contributed by atoms with van der Waals surface area (Å²) in [7, 11) is 0.